The number of anilines is 1. The molecule has 0 amide bonds. The summed E-state index contributed by atoms with van der Waals surface area (Å²) in [5.41, 5.74) is 6.52. The zero-order valence-corrected chi connectivity index (χ0v) is 8.85. The number of aromatic nitrogens is 3. The highest BCUT2D eigenvalue weighted by atomic mass is 35.5. The molecule has 2 heterocycles. The summed E-state index contributed by atoms with van der Waals surface area (Å²) in [4.78, 5) is 22.9. The number of carbonyl (C=O) groups excluding carboxylic acids is 1. The quantitative estimate of drug-likeness (QED) is 0.630. The molecular formula is C10H7ClN4O. The lowest BCUT2D eigenvalue weighted by Gasteiger charge is -2.06. The Labute approximate surface area is 96.3 Å². The molecule has 0 bridgehead atoms. The van der Waals surface area contributed by atoms with Crippen LogP contribution in [-0.2, 0) is 0 Å². The van der Waals surface area contributed by atoms with E-state index in [1.807, 2.05) is 0 Å². The predicted molar refractivity (Wildman–Crippen MR) is 60.1 cm³/mol. The lowest BCUT2D eigenvalue weighted by molar-refractivity contribution is 0.112. The molecule has 0 atom stereocenters. The number of hydrogen-bond acceptors (Lipinski definition) is 5. The van der Waals surface area contributed by atoms with Crippen molar-refractivity contribution in [3.63, 3.8) is 0 Å². The molecule has 2 N–H and O–H groups in total. The van der Waals surface area contributed by atoms with Crippen molar-refractivity contribution >= 4 is 23.6 Å². The number of halogens is 1. The van der Waals surface area contributed by atoms with Gasteiger partial charge in [0.2, 0.25) is 0 Å². The van der Waals surface area contributed by atoms with Gasteiger partial charge in [0.05, 0.1) is 16.8 Å². The minimum Gasteiger partial charge on any atom is -0.396 e. The zero-order chi connectivity index (χ0) is 11.5. The molecule has 0 aliphatic heterocycles. The number of pyridine rings is 1. The van der Waals surface area contributed by atoms with Gasteiger partial charge in [0.15, 0.2) is 17.3 Å². The molecule has 0 unspecified atom stereocenters. The Kier molecular flexibility index (Phi) is 2.78. The molecule has 0 saturated heterocycles. The van der Waals surface area contributed by atoms with Crippen LogP contribution in [0.3, 0.4) is 0 Å². The molecule has 2 rings (SSSR count). The van der Waals surface area contributed by atoms with Crippen LogP contribution in [0, 0.1) is 0 Å². The number of rotatable bonds is 2. The van der Waals surface area contributed by atoms with Crippen LogP contribution in [0.25, 0.3) is 11.4 Å². The monoisotopic (exact) mass is 234 g/mol. The smallest absolute Gasteiger partial charge is 0.161 e. The van der Waals surface area contributed by atoms with Crippen LogP contribution >= 0.6 is 11.6 Å². The molecule has 6 heteroatoms. The van der Waals surface area contributed by atoms with Crippen LogP contribution in [-0.4, -0.2) is 21.2 Å². The number of carbonyl (C=O) groups is 1. The van der Waals surface area contributed by atoms with Crippen LogP contribution in [0.5, 0.6) is 0 Å². The van der Waals surface area contributed by atoms with Crippen molar-refractivity contribution in [2.24, 2.45) is 0 Å². The Hall–Kier alpha value is -2.01. The molecule has 2 aromatic rings. The summed E-state index contributed by atoms with van der Waals surface area (Å²) in [6, 6.07) is 1.68. The summed E-state index contributed by atoms with van der Waals surface area (Å²) in [6.07, 6.45) is 5.19. The Morgan fingerprint density at radius 3 is 2.56 bits per heavy atom. The van der Waals surface area contributed by atoms with E-state index in [1.165, 1.54) is 6.20 Å². The third-order valence-electron chi connectivity index (χ3n) is 2.03. The van der Waals surface area contributed by atoms with Crippen LogP contribution in [0.2, 0.25) is 5.15 Å². The van der Waals surface area contributed by atoms with E-state index in [9.17, 15) is 4.79 Å². The van der Waals surface area contributed by atoms with Crippen molar-refractivity contribution in [2.75, 3.05) is 5.73 Å². The lowest BCUT2D eigenvalue weighted by Crippen LogP contribution is -2.01. The van der Waals surface area contributed by atoms with Gasteiger partial charge in [-0.25, -0.2) is 15.0 Å². The highest BCUT2D eigenvalue weighted by Crippen LogP contribution is 2.27. The van der Waals surface area contributed by atoms with E-state index < -0.39 is 0 Å². The average Bonchev–Trinajstić information content (AvgIpc) is 2.33. The Bertz CT molecular complexity index is 530. The number of aldehydes is 1. The second-order valence-corrected chi connectivity index (χ2v) is 3.34. The molecule has 2 aromatic heterocycles. The molecule has 0 aliphatic carbocycles. The summed E-state index contributed by atoms with van der Waals surface area (Å²) in [7, 11) is 0. The van der Waals surface area contributed by atoms with Crippen LogP contribution in [0.15, 0.2) is 24.7 Å². The Morgan fingerprint density at radius 2 is 1.94 bits per heavy atom. The van der Waals surface area contributed by atoms with Gasteiger partial charge in [-0.15, -0.1) is 0 Å². The third kappa shape index (κ3) is 1.72. The highest BCUT2D eigenvalue weighted by Gasteiger charge is 2.13. The average molecular weight is 235 g/mol. The highest BCUT2D eigenvalue weighted by molar-refractivity contribution is 6.32. The Morgan fingerprint density at radius 1 is 1.25 bits per heavy atom. The van der Waals surface area contributed by atoms with Gasteiger partial charge in [-0.1, -0.05) is 11.6 Å². The topological polar surface area (TPSA) is 81.8 Å². The first-order valence-corrected chi connectivity index (χ1v) is 4.78. The van der Waals surface area contributed by atoms with Crippen molar-refractivity contribution in [1.82, 2.24) is 15.0 Å². The minimum atomic E-state index is 0.0989. The fourth-order valence-electron chi connectivity index (χ4n) is 1.26. The fourth-order valence-corrected chi connectivity index (χ4v) is 1.41. The summed E-state index contributed by atoms with van der Waals surface area (Å²) in [6.45, 7) is 0. The van der Waals surface area contributed by atoms with Gasteiger partial charge in [0.25, 0.3) is 0 Å². The van der Waals surface area contributed by atoms with E-state index in [0.717, 1.165) is 0 Å². The van der Waals surface area contributed by atoms with Crippen molar-refractivity contribution in [3.05, 3.63) is 35.4 Å². The van der Waals surface area contributed by atoms with E-state index >= 15 is 0 Å². The van der Waals surface area contributed by atoms with Gasteiger partial charge in [0, 0.05) is 18.6 Å². The summed E-state index contributed by atoms with van der Waals surface area (Å²) in [5.74, 6) is 0.389. The summed E-state index contributed by atoms with van der Waals surface area (Å²) >= 11 is 5.72. The van der Waals surface area contributed by atoms with E-state index in [-0.39, 0.29) is 16.4 Å². The zero-order valence-electron chi connectivity index (χ0n) is 8.09. The van der Waals surface area contributed by atoms with Crippen LogP contribution in [0.4, 0.5) is 5.69 Å². The summed E-state index contributed by atoms with van der Waals surface area (Å²) < 4.78 is 0. The molecule has 0 saturated carbocycles. The number of hydrogen-bond donors (Lipinski definition) is 1. The van der Waals surface area contributed by atoms with Gasteiger partial charge in [0.1, 0.15) is 0 Å². The standard InChI is InChI=1S/C10H7ClN4O/c11-9-8(12)7(5-16)6(4-15-9)10-13-2-1-3-14-10/h1-5H,12H2. The third-order valence-corrected chi connectivity index (χ3v) is 2.34. The second-order valence-electron chi connectivity index (χ2n) is 2.98. The van der Waals surface area contributed by atoms with Gasteiger partial charge in [-0.05, 0) is 6.07 Å². The van der Waals surface area contributed by atoms with E-state index in [1.54, 1.807) is 18.5 Å². The molecule has 0 aromatic carbocycles. The first kappa shape index (κ1) is 10.5. The lowest BCUT2D eigenvalue weighted by atomic mass is 10.1. The molecule has 80 valence electrons. The van der Waals surface area contributed by atoms with Crippen LogP contribution < -0.4 is 5.73 Å². The first-order chi connectivity index (χ1) is 7.74. The van der Waals surface area contributed by atoms with E-state index in [0.29, 0.717) is 17.7 Å². The van der Waals surface area contributed by atoms with Gasteiger partial charge >= 0.3 is 0 Å². The molecular weight excluding hydrogens is 228 g/mol. The van der Waals surface area contributed by atoms with Gasteiger partial charge < -0.3 is 5.73 Å². The van der Waals surface area contributed by atoms with Crippen molar-refractivity contribution in [1.29, 1.82) is 0 Å². The van der Waals surface area contributed by atoms with Crippen molar-refractivity contribution in [2.45, 2.75) is 0 Å². The second kappa shape index (κ2) is 4.24. The van der Waals surface area contributed by atoms with Crippen LogP contribution in [0.1, 0.15) is 10.4 Å². The number of nitrogens with zero attached hydrogens (tertiary/aromatic N) is 3. The normalized spacial score (nSPS) is 10.1. The van der Waals surface area contributed by atoms with Gasteiger partial charge in [-0.3, -0.25) is 4.79 Å². The number of nitrogens with two attached hydrogens (primary N) is 1. The number of nitrogen functional groups attached to an aromatic ring is 1. The molecule has 16 heavy (non-hydrogen) atoms. The van der Waals surface area contributed by atoms with Crippen molar-refractivity contribution < 1.29 is 4.79 Å². The summed E-state index contributed by atoms with van der Waals surface area (Å²) in [5, 5.41) is 0.0989. The SMILES string of the molecule is Nc1c(Cl)ncc(-c2ncccn2)c1C=O. The van der Waals surface area contributed by atoms with E-state index in [2.05, 4.69) is 15.0 Å². The maximum atomic E-state index is 11.0. The molecule has 0 spiro atoms. The largest absolute Gasteiger partial charge is 0.396 e. The van der Waals surface area contributed by atoms with E-state index in [4.69, 9.17) is 17.3 Å². The van der Waals surface area contributed by atoms with Gasteiger partial charge in [-0.2, -0.15) is 0 Å². The fraction of sp³-hybridized carbons (Fsp3) is 0. The first-order valence-electron chi connectivity index (χ1n) is 4.40. The van der Waals surface area contributed by atoms with Crippen molar-refractivity contribution in [3.8, 4) is 11.4 Å². The Balaban J connectivity index is 2.67. The molecule has 0 radical (unpaired) electrons. The molecule has 5 nitrogen and oxygen atoms in total. The molecule has 0 fully saturated rings. The maximum Gasteiger partial charge on any atom is 0.161 e. The minimum absolute atomic E-state index is 0.0989. The maximum absolute atomic E-state index is 11.0. The molecule has 0 aliphatic rings. The predicted octanol–water partition coefficient (Wildman–Crippen LogP) is 1.59.